The van der Waals surface area contributed by atoms with Crippen LogP contribution in [-0.2, 0) is 4.79 Å². The lowest BCUT2D eigenvalue weighted by Crippen LogP contribution is -2.32. The second kappa shape index (κ2) is 9.54. The molecule has 33 heavy (non-hydrogen) atoms. The number of H-pyrrole nitrogens is 1. The van der Waals surface area contributed by atoms with Gasteiger partial charge < -0.3 is 15.0 Å². The number of nitrogens with zero attached hydrogens (tertiary/aromatic N) is 2. The van der Waals surface area contributed by atoms with Crippen molar-refractivity contribution < 1.29 is 9.53 Å². The van der Waals surface area contributed by atoms with Crippen LogP contribution in [0.4, 0.5) is 5.69 Å². The van der Waals surface area contributed by atoms with Crippen LogP contribution in [0.5, 0.6) is 5.75 Å². The molecule has 2 N–H and O–H groups in total. The third-order valence-corrected chi connectivity index (χ3v) is 5.08. The molecule has 8 nitrogen and oxygen atoms in total. The predicted octanol–water partition coefficient (Wildman–Crippen LogP) is 3.55. The van der Waals surface area contributed by atoms with Gasteiger partial charge >= 0.3 is 5.69 Å². The van der Waals surface area contributed by atoms with Crippen molar-refractivity contribution in [2.45, 2.75) is 6.92 Å². The number of carbonyl (C=O) groups excluding carboxylic acids is 1. The summed E-state index contributed by atoms with van der Waals surface area (Å²) >= 11 is 6.09. The van der Waals surface area contributed by atoms with Gasteiger partial charge in [-0.3, -0.25) is 9.59 Å². The molecule has 166 valence electrons. The molecule has 0 bridgehead atoms. The van der Waals surface area contributed by atoms with Gasteiger partial charge in [0.15, 0.2) is 6.61 Å². The first kappa shape index (κ1) is 22.0. The summed E-state index contributed by atoms with van der Waals surface area (Å²) in [6.07, 6.45) is 1.28. The molecule has 0 saturated carbocycles. The highest BCUT2D eigenvalue weighted by molar-refractivity contribution is 6.30. The number of nitrogens with one attached hydrogen (secondary N) is 2. The Hall–Kier alpha value is -4.17. The van der Waals surface area contributed by atoms with Gasteiger partial charge in [0.2, 0.25) is 0 Å². The van der Waals surface area contributed by atoms with Crippen molar-refractivity contribution in [3.8, 4) is 5.75 Å². The van der Waals surface area contributed by atoms with E-state index in [1.807, 2.05) is 25.1 Å². The number of hydrogen-bond acceptors (Lipinski definition) is 5. The zero-order valence-corrected chi connectivity index (χ0v) is 18.3. The number of aryl methyl sites for hydroxylation is 1. The Labute approximate surface area is 193 Å². The highest BCUT2D eigenvalue weighted by atomic mass is 35.5. The molecule has 0 spiro atoms. The van der Waals surface area contributed by atoms with Crippen molar-refractivity contribution in [1.29, 1.82) is 0 Å². The maximum Gasteiger partial charge on any atom is 0.349 e. The average molecular weight is 463 g/mol. The zero-order valence-electron chi connectivity index (χ0n) is 17.5. The van der Waals surface area contributed by atoms with Gasteiger partial charge in [-0.1, -0.05) is 41.9 Å². The molecule has 0 aliphatic carbocycles. The third-order valence-electron chi connectivity index (χ3n) is 4.85. The fraction of sp³-hybridized carbons (Fsp3) is 0.0833. The van der Waals surface area contributed by atoms with Gasteiger partial charge in [0, 0.05) is 16.3 Å². The van der Waals surface area contributed by atoms with Crippen molar-refractivity contribution >= 4 is 40.3 Å². The van der Waals surface area contributed by atoms with Crippen molar-refractivity contribution in [1.82, 2.24) is 9.66 Å². The van der Waals surface area contributed by atoms with Crippen LogP contribution in [0.15, 0.2) is 81.4 Å². The van der Waals surface area contributed by atoms with E-state index in [4.69, 9.17) is 16.3 Å². The molecule has 0 saturated heterocycles. The van der Waals surface area contributed by atoms with Crippen LogP contribution in [-0.4, -0.2) is 28.4 Å². The van der Waals surface area contributed by atoms with Crippen LogP contribution >= 0.6 is 11.6 Å². The zero-order chi connectivity index (χ0) is 23.4. The first-order valence-electron chi connectivity index (χ1n) is 9.98. The topological polar surface area (TPSA) is 106 Å². The number of halogens is 1. The lowest BCUT2D eigenvalue weighted by Gasteiger charge is -2.11. The molecule has 9 heteroatoms. The second-order valence-electron chi connectivity index (χ2n) is 7.17. The number of carbonyl (C=O) groups is 1. The number of para-hydroxylation sites is 2. The number of rotatable bonds is 6. The summed E-state index contributed by atoms with van der Waals surface area (Å²) in [5.41, 5.74) is 1.19. The molecule has 3 aromatic carbocycles. The number of ether oxygens (including phenoxy) is 1. The van der Waals surface area contributed by atoms with E-state index in [1.54, 1.807) is 48.5 Å². The van der Waals surface area contributed by atoms with Crippen LogP contribution in [0.3, 0.4) is 0 Å². The van der Waals surface area contributed by atoms with Crippen LogP contribution in [0.2, 0.25) is 5.02 Å². The molecule has 1 aromatic heterocycles. The van der Waals surface area contributed by atoms with Gasteiger partial charge in [0.25, 0.3) is 11.5 Å². The molecule has 0 radical (unpaired) electrons. The highest BCUT2D eigenvalue weighted by Gasteiger charge is 2.10. The van der Waals surface area contributed by atoms with E-state index in [0.29, 0.717) is 32.9 Å². The van der Waals surface area contributed by atoms with E-state index in [0.717, 1.165) is 10.2 Å². The molecular weight excluding hydrogens is 444 g/mol. The van der Waals surface area contributed by atoms with Crippen LogP contribution in [0.25, 0.3) is 10.9 Å². The quantitative estimate of drug-likeness (QED) is 0.427. The SMILES string of the molecule is Cc1ccccc1NC(=O)COc1ccc(Cl)cc1C=Nn1c(=O)[nH]c2ccccc2c1=O. The average Bonchev–Trinajstić information content (AvgIpc) is 2.80. The van der Waals surface area contributed by atoms with Gasteiger partial charge in [0.1, 0.15) is 5.75 Å². The summed E-state index contributed by atoms with van der Waals surface area (Å²) in [6, 6.07) is 18.8. The van der Waals surface area contributed by atoms with Crippen molar-refractivity contribution in [3.05, 3.63) is 104 Å². The van der Waals surface area contributed by atoms with Crippen molar-refractivity contribution in [2.24, 2.45) is 5.10 Å². The van der Waals surface area contributed by atoms with Gasteiger partial charge in [-0.15, -0.1) is 4.68 Å². The molecule has 1 heterocycles. The second-order valence-corrected chi connectivity index (χ2v) is 7.61. The largest absolute Gasteiger partial charge is 0.483 e. The number of fused-ring (bicyclic) bond motifs is 1. The van der Waals surface area contributed by atoms with E-state index in [-0.39, 0.29) is 12.5 Å². The van der Waals surface area contributed by atoms with E-state index in [1.165, 1.54) is 6.21 Å². The third kappa shape index (κ3) is 5.02. The van der Waals surface area contributed by atoms with Crippen molar-refractivity contribution in [3.63, 3.8) is 0 Å². The molecule has 0 atom stereocenters. The summed E-state index contributed by atoms with van der Waals surface area (Å²) in [5.74, 6) is -0.0299. The standard InChI is InChI=1S/C24H19ClN4O4/c1-15-6-2-4-8-19(15)27-22(30)14-33-21-11-10-17(25)12-16(21)13-26-29-23(31)18-7-3-5-9-20(18)28-24(29)32/h2-13H,14H2,1H3,(H,27,30)(H,28,32). The molecule has 4 aromatic rings. The van der Waals surface area contributed by atoms with Gasteiger partial charge in [-0.25, -0.2) is 4.79 Å². The Bertz CT molecular complexity index is 1490. The number of hydrogen-bond donors (Lipinski definition) is 2. The molecular formula is C24H19ClN4O4. The van der Waals surface area contributed by atoms with Crippen LogP contribution in [0, 0.1) is 6.92 Å². The molecule has 0 unspecified atom stereocenters. The molecule has 1 amide bonds. The Morgan fingerprint density at radius 1 is 1.12 bits per heavy atom. The summed E-state index contributed by atoms with van der Waals surface area (Å²) in [5, 5.41) is 7.54. The molecule has 4 rings (SSSR count). The molecule has 0 aliphatic rings. The van der Waals surface area contributed by atoms with Gasteiger partial charge in [-0.2, -0.15) is 5.10 Å². The van der Waals surface area contributed by atoms with Gasteiger partial charge in [0.05, 0.1) is 17.1 Å². The fourth-order valence-corrected chi connectivity index (χ4v) is 3.35. The number of aromatic nitrogens is 2. The molecule has 0 aliphatic heterocycles. The predicted molar refractivity (Wildman–Crippen MR) is 129 cm³/mol. The van der Waals surface area contributed by atoms with Gasteiger partial charge in [-0.05, 0) is 48.9 Å². The Morgan fingerprint density at radius 2 is 1.88 bits per heavy atom. The summed E-state index contributed by atoms with van der Waals surface area (Å²) in [6.45, 7) is 1.63. The van der Waals surface area contributed by atoms with Crippen molar-refractivity contribution in [2.75, 3.05) is 11.9 Å². The Morgan fingerprint density at radius 3 is 2.70 bits per heavy atom. The number of benzene rings is 3. The minimum atomic E-state index is -0.683. The highest BCUT2D eigenvalue weighted by Crippen LogP contribution is 2.22. The summed E-state index contributed by atoms with van der Waals surface area (Å²) in [7, 11) is 0. The Balaban J connectivity index is 1.57. The lowest BCUT2D eigenvalue weighted by molar-refractivity contribution is -0.118. The normalized spacial score (nSPS) is 11.1. The first-order chi connectivity index (χ1) is 15.9. The number of anilines is 1. The maximum atomic E-state index is 12.7. The van der Waals surface area contributed by atoms with Crippen LogP contribution in [0.1, 0.15) is 11.1 Å². The monoisotopic (exact) mass is 462 g/mol. The number of aromatic amines is 1. The van der Waals surface area contributed by atoms with E-state index >= 15 is 0 Å². The number of amides is 1. The summed E-state index contributed by atoms with van der Waals surface area (Å²) in [4.78, 5) is 39.9. The fourth-order valence-electron chi connectivity index (χ4n) is 3.17. The van der Waals surface area contributed by atoms with E-state index < -0.39 is 11.2 Å². The Kier molecular flexibility index (Phi) is 6.37. The maximum absolute atomic E-state index is 12.7. The summed E-state index contributed by atoms with van der Waals surface area (Å²) < 4.78 is 6.37. The minimum absolute atomic E-state index is 0.257. The lowest BCUT2D eigenvalue weighted by atomic mass is 10.2. The first-order valence-corrected chi connectivity index (χ1v) is 10.4. The van der Waals surface area contributed by atoms with E-state index in [9.17, 15) is 14.4 Å². The molecule has 0 fully saturated rings. The van der Waals surface area contributed by atoms with E-state index in [2.05, 4.69) is 15.4 Å². The smallest absolute Gasteiger partial charge is 0.349 e. The van der Waals surface area contributed by atoms with Crippen LogP contribution < -0.4 is 21.3 Å². The minimum Gasteiger partial charge on any atom is -0.483 e.